The van der Waals surface area contributed by atoms with Gasteiger partial charge in [-0.2, -0.15) is 0 Å². The van der Waals surface area contributed by atoms with Crippen molar-refractivity contribution in [3.8, 4) is 0 Å². The number of aryl methyl sites for hydroxylation is 1. The van der Waals surface area contributed by atoms with Gasteiger partial charge in [-0.05, 0) is 27.6 Å². The highest BCUT2D eigenvalue weighted by Gasteiger charge is 2.28. The molecule has 0 aliphatic carbocycles. The van der Waals surface area contributed by atoms with Crippen LogP contribution in [0.5, 0.6) is 0 Å². The Morgan fingerprint density at radius 2 is 1.78 bits per heavy atom. The van der Waals surface area contributed by atoms with E-state index in [0.717, 1.165) is 20.9 Å². The highest BCUT2D eigenvalue weighted by Crippen LogP contribution is 2.32. The van der Waals surface area contributed by atoms with Gasteiger partial charge in [0.05, 0.1) is 23.3 Å². The summed E-state index contributed by atoms with van der Waals surface area (Å²) in [5.41, 5.74) is 1.99. The number of nitrogens with one attached hydrogen (secondary N) is 1. The van der Waals surface area contributed by atoms with Crippen LogP contribution in [0.15, 0.2) is 59.6 Å². The summed E-state index contributed by atoms with van der Waals surface area (Å²) in [7, 11) is 0. The van der Waals surface area contributed by atoms with Crippen molar-refractivity contribution in [2.45, 2.75) is 31.3 Å². The van der Waals surface area contributed by atoms with Crippen LogP contribution in [0.25, 0.3) is 10.2 Å². The van der Waals surface area contributed by atoms with Crippen molar-refractivity contribution in [1.82, 2.24) is 24.8 Å². The third-order valence-electron chi connectivity index (χ3n) is 6.85. The maximum Gasteiger partial charge on any atom is 0.396 e. The topological polar surface area (TPSA) is 126 Å². The molecule has 214 valence electrons. The Balaban J connectivity index is 1.10. The summed E-state index contributed by atoms with van der Waals surface area (Å²) in [5.74, 6) is 0.362. The maximum atomic E-state index is 12.7. The van der Waals surface area contributed by atoms with E-state index in [1.54, 1.807) is 16.2 Å². The second-order valence-electron chi connectivity index (χ2n) is 9.55. The summed E-state index contributed by atoms with van der Waals surface area (Å²) in [6, 6.07) is 17.7. The van der Waals surface area contributed by atoms with Crippen molar-refractivity contribution in [3.63, 3.8) is 0 Å². The van der Waals surface area contributed by atoms with E-state index in [4.69, 9.17) is 4.98 Å². The number of hydrogen-bond acceptors (Lipinski definition) is 9. The Kier molecular flexibility index (Phi) is 9.14. The third kappa shape index (κ3) is 6.85. The molecule has 0 radical (unpaired) electrons. The first-order chi connectivity index (χ1) is 19.9. The molecule has 4 aromatic rings. The van der Waals surface area contributed by atoms with Crippen LogP contribution in [-0.4, -0.2) is 74.6 Å². The fourth-order valence-corrected chi connectivity index (χ4v) is 6.76. The molecule has 0 bridgehead atoms. The van der Waals surface area contributed by atoms with Crippen LogP contribution in [0.2, 0.25) is 0 Å². The van der Waals surface area contributed by atoms with Crippen LogP contribution in [0.1, 0.15) is 24.7 Å². The van der Waals surface area contributed by atoms with Crippen molar-refractivity contribution in [3.05, 3.63) is 76.1 Å². The van der Waals surface area contributed by atoms with E-state index in [2.05, 4.69) is 21.3 Å². The van der Waals surface area contributed by atoms with Crippen LogP contribution < -0.4 is 10.2 Å². The Morgan fingerprint density at radius 1 is 1.05 bits per heavy atom. The van der Waals surface area contributed by atoms with E-state index >= 15 is 0 Å². The molecular formula is C28H31N7O4S2. The van der Waals surface area contributed by atoms with Crippen molar-refractivity contribution in [2.75, 3.05) is 43.4 Å². The average Bonchev–Trinajstić information content (AvgIpc) is 3.58. The first-order valence-electron chi connectivity index (χ1n) is 13.5. The lowest BCUT2D eigenvalue weighted by atomic mass is 10.2. The van der Waals surface area contributed by atoms with Gasteiger partial charge in [-0.15, -0.1) is 0 Å². The van der Waals surface area contributed by atoms with Gasteiger partial charge in [0.25, 0.3) is 0 Å². The summed E-state index contributed by atoms with van der Waals surface area (Å²) in [6.07, 6.45) is 0.671. The number of fused-ring (bicyclic) bond motifs is 1. The minimum Gasteiger partial charge on any atom is -0.358 e. The van der Waals surface area contributed by atoms with E-state index in [1.807, 2.05) is 60.0 Å². The van der Waals surface area contributed by atoms with Gasteiger partial charge in [0.2, 0.25) is 17.6 Å². The zero-order valence-corrected chi connectivity index (χ0v) is 24.3. The molecule has 1 aliphatic heterocycles. The van der Waals surface area contributed by atoms with Gasteiger partial charge < -0.3 is 25.2 Å². The normalized spacial score (nSPS) is 13.5. The zero-order valence-electron chi connectivity index (χ0n) is 22.7. The van der Waals surface area contributed by atoms with E-state index in [9.17, 15) is 19.7 Å². The number of imidazole rings is 1. The number of para-hydroxylation sites is 1. The molecule has 1 fully saturated rings. The van der Waals surface area contributed by atoms with E-state index in [0.29, 0.717) is 55.7 Å². The van der Waals surface area contributed by atoms with Gasteiger partial charge in [-0.25, -0.2) is 4.98 Å². The number of thioether (sulfide) groups is 1. The predicted molar refractivity (Wildman–Crippen MR) is 161 cm³/mol. The minimum atomic E-state index is -0.474. The first-order valence-corrected chi connectivity index (χ1v) is 15.3. The number of thiazole rings is 1. The summed E-state index contributed by atoms with van der Waals surface area (Å²) in [4.78, 5) is 49.4. The average molecular weight is 594 g/mol. The number of nitro groups is 1. The van der Waals surface area contributed by atoms with Gasteiger partial charge in [0.15, 0.2) is 10.2 Å². The molecule has 2 aromatic heterocycles. The quantitative estimate of drug-likeness (QED) is 0.157. The summed E-state index contributed by atoms with van der Waals surface area (Å²) in [6.45, 7) is 4.80. The smallest absolute Gasteiger partial charge is 0.358 e. The molecule has 0 atom stereocenters. The van der Waals surface area contributed by atoms with Gasteiger partial charge in [0.1, 0.15) is 0 Å². The standard InChI is InChI=1S/C28H31N7O4S2/c1-2-23-31-26(35(38)39)27(34(23)19-20-8-4-3-5-9-20)40-17-12-24(36)29-18-25(37)32-13-15-33(16-14-32)28-30-21-10-6-7-11-22(21)41-28/h3-11H,2,12-19H2,1H3,(H,29,36). The highest BCUT2D eigenvalue weighted by molar-refractivity contribution is 7.99. The third-order valence-corrected chi connectivity index (χ3v) is 9.03. The number of aromatic nitrogens is 3. The predicted octanol–water partition coefficient (Wildman–Crippen LogP) is 3.96. The second-order valence-corrected chi connectivity index (χ2v) is 11.6. The maximum absolute atomic E-state index is 12.7. The van der Waals surface area contributed by atoms with Gasteiger partial charge >= 0.3 is 5.82 Å². The van der Waals surface area contributed by atoms with Crippen LogP contribution in [-0.2, 0) is 22.6 Å². The lowest BCUT2D eigenvalue weighted by molar-refractivity contribution is -0.392. The molecule has 2 aromatic carbocycles. The van der Waals surface area contributed by atoms with Crippen LogP contribution in [0, 0.1) is 10.1 Å². The molecule has 11 nitrogen and oxygen atoms in total. The SMILES string of the molecule is CCc1nc([N+](=O)[O-])c(SCCC(=O)NCC(=O)N2CCN(c3nc4ccccc4s3)CC2)n1Cc1ccccc1. The number of anilines is 1. The molecule has 2 amide bonds. The fourth-order valence-electron chi connectivity index (χ4n) is 4.69. The lowest BCUT2D eigenvalue weighted by Gasteiger charge is -2.34. The van der Waals surface area contributed by atoms with Crippen molar-refractivity contribution >= 4 is 56.1 Å². The lowest BCUT2D eigenvalue weighted by Crippen LogP contribution is -2.51. The monoisotopic (exact) mass is 593 g/mol. The number of benzene rings is 2. The van der Waals surface area contributed by atoms with E-state index in [1.165, 1.54) is 11.8 Å². The van der Waals surface area contributed by atoms with Gasteiger partial charge in [0, 0.05) is 44.8 Å². The molecular weight excluding hydrogens is 562 g/mol. The number of rotatable bonds is 11. The number of nitrogens with zero attached hydrogens (tertiary/aromatic N) is 6. The fraction of sp³-hybridized carbons (Fsp3) is 0.357. The molecule has 5 rings (SSSR count). The highest BCUT2D eigenvalue weighted by atomic mass is 32.2. The molecule has 13 heteroatoms. The number of amides is 2. The van der Waals surface area contributed by atoms with Crippen LogP contribution >= 0.6 is 23.1 Å². The number of carbonyl (C=O) groups excluding carboxylic acids is 2. The Hall–Kier alpha value is -3.97. The number of piperazine rings is 1. The molecule has 0 unspecified atom stereocenters. The molecule has 1 N–H and O–H groups in total. The number of carbonyl (C=O) groups is 2. The summed E-state index contributed by atoms with van der Waals surface area (Å²) < 4.78 is 3.00. The molecule has 1 saturated heterocycles. The van der Waals surface area contributed by atoms with Crippen LogP contribution in [0.3, 0.4) is 0 Å². The second kappa shape index (κ2) is 13.1. The minimum absolute atomic E-state index is 0.0727. The van der Waals surface area contributed by atoms with Crippen molar-refractivity contribution in [1.29, 1.82) is 0 Å². The van der Waals surface area contributed by atoms with Gasteiger partial charge in [-0.1, -0.05) is 72.5 Å². The van der Waals surface area contributed by atoms with Gasteiger partial charge in [-0.3, -0.25) is 14.2 Å². The largest absolute Gasteiger partial charge is 0.396 e. The first kappa shape index (κ1) is 28.6. The Bertz CT molecular complexity index is 1500. The van der Waals surface area contributed by atoms with Crippen LogP contribution in [0.4, 0.5) is 10.9 Å². The Labute approximate surface area is 245 Å². The van der Waals surface area contributed by atoms with Crippen molar-refractivity contribution in [2.24, 2.45) is 0 Å². The summed E-state index contributed by atoms with van der Waals surface area (Å²) >= 11 is 2.89. The van der Waals surface area contributed by atoms with E-state index < -0.39 is 4.92 Å². The molecule has 0 saturated carbocycles. The molecule has 41 heavy (non-hydrogen) atoms. The zero-order chi connectivity index (χ0) is 28.8. The van der Waals surface area contributed by atoms with E-state index in [-0.39, 0.29) is 30.6 Å². The summed E-state index contributed by atoms with van der Waals surface area (Å²) in [5, 5.41) is 15.8. The molecule has 0 spiro atoms. The molecule has 1 aliphatic rings. The van der Waals surface area contributed by atoms with Crippen molar-refractivity contribution < 1.29 is 14.5 Å². The molecule has 3 heterocycles. The number of hydrogen-bond donors (Lipinski definition) is 1. The Morgan fingerprint density at radius 3 is 2.49 bits per heavy atom.